The minimum atomic E-state index is 0.567. The van der Waals surface area contributed by atoms with E-state index in [0.717, 1.165) is 21.9 Å². The van der Waals surface area contributed by atoms with Gasteiger partial charge in [-0.25, -0.2) is 15.8 Å². The Kier molecular flexibility index (Phi) is 1.95. The van der Waals surface area contributed by atoms with Crippen LogP contribution >= 0.6 is 11.6 Å². The van der Waals surface area contributed by atoms with E-state index in [4.69, 9.17) is 17.4 Å². The van der Waals surface area contributed by atoms with Crippen LogP contribution in [0.4, 0.5) is 5.82 Å². The first kappa shape index (κ1) is 9.38. The summed E-state index contributed by atoms with van der Waals surface area (Å²) >= 11 is 5.95. The lowest BCUT2D eigenvalue weighted by Gasteiger charge is -1.98. The maximum atomic E-state index is 5.95. The maximum absolute atomic E-state index is 5.95. The van der Waals surface area contributed by atoms with Crippen molar-refractivity contribution in [1.82, 2.24) is 15.0 Å². The Morgan fingerprint density at radius 3 is 3.00 bits per heavy atom. The summed E-state index contributed by atoms with van der Waals surface area (Å²) in [5.41, 5.74) is 5.07. The van der Waals surface area contributed by atoms with Crippen LogP contribution in [0.5, 0.6) is 0 Å². The summed E-state index contributed by atoms with van der Waals surface area (Å²) in [5.74, 6) is 5.95. The van der Waals surface area contributed by atoms with Gasteiger partial charge in [0.2, 0.25) is 0 Å². The third kappa shape index (κ3) is 1.22. The molecule has 5 nitrogen and oxygen atoms in total. The van der Waals surface area contributed by atoms with Crippen molar-refractivity contribution in [2.75, 3.05) is 5.43 Å². The standard InChI is InChI=1S/C10H8ClN5/c11-5-1-2-7-6(3-5)8-9(15-7)10(16-12)14-4-13-8/h1-4,15H,12H2,(H,13,14,16). The summed E-state index contributed by atoms with van der Waals surface area (Å²) in [6.07, 6.45) is 1.46. The number of rotatable bonds is 1. The second kappa shape index (κ2) is 3.33. The number of halogens is 1. The first-order valence-electron chi connectivity index (χ1n) is 4.68. The molecule has 0 bridgehead atoms. The SMILES string of the molecule is NNc1ncnc2c1[nH]c1ccc(Cl)cc12. The number of nitrogen functional groups attached to an aromatic ring is 1. The van der Waals surface area contributed by atoms with Gasteiger partial charge in [-0.05, 0) is 18.2 Å². The molecule has 80 valence electrons. The highest BCUT2D eigenvalue weighted by Gasteiger charge is 2.09. The summed E-state index contributed by atoms with van der Waals surface area (Å²) in [7, 11) is 0. The Labute approximate surface area is 95.6 Å². The number of aromatic nitrogens is 3. The van der Waals surface area contributed by atoms with E-state index < -0.39 is 0 Å². The minimum absolute atomic E-state index is 0.567. The predicted molar refractivity (Wildman–Crippen MR) is 64.2 cm³/mol. The molecule has 0 fully saturated rings. The van der Waals surface area contributed by atoms with Crippen LogP contribution < -0.4 is 11.3 Å². The molecule has 0 amide bonds. The van der Waals surface area contributed by atoms with Gasteiger partial charge >= 0.3 is 0 Å². The molecule has 0 spiro atoms. The molecule has 0 saturated heterocycles. The Hall–Kier alpha value is -1.85. The van der Waals surface area contributed by atoms with Crippen LogP contribution in [0.15, 0.2) is 24.5 Å². The summed E-state index contributed by atoms with van der Waals surface area (Å²) in [5, 5.41) is 1.63. The number of nitrogens with one attached hydrogen (secondary N) is 2. The number of fused-ring (bicyclic) bond motifs is 3. The molecule has 4 N–H and O–H groups in total. The van der Waals surface area contributed by atoms with Gasteiger partial charge in [-0.15, -0.1) is 0 Å². The highest BCUT2D eigenvalue weighted by atomic mass is 35.5. The van der Waals surface area contributed by atoms with Crippen molar-refractivity contribution in [1.29, 1.82) is 0 Å². The van der Waals surface area contributed by atoms with Gasteiger partial charge in [0.25, 0.3) is 0 Å². The lowest BCUT2D eigenvalue weighted by atomic mass is 10.2. The number of benzene rings is 1. The zero-order chi connectivity index (χ0) is 11.1. The van der Waals surface area contributed by atoms with Gasteiger partial charge < -0.3 is 10.4 Å². The lowest BCUT2D eigenvalue weighted by Crippen LogP contribution is -2.09. The first-order valence-corrected chi connectivity index (χ1v) is 5.06. The van der Waals surface area contributed by atoms with E-state index in [1.807, 2.05) is 18.2 Å². The fourth-order valence-electron chi connectivity index (χ4n) is 1.77. The van der Waals surface area contributed by atoms with Crippen molar-refractivity contribution in [3.05, 3.63) is 29.5 Å². The fraction of sp³-hybridized carbons (Fsp3) is 0. The second-order valence-electron chi connectivity index (χ2n) is 3.41. The zero-order valence-corrected chi connectivity index (χ0v) is 8.92. The number of nitrogens with zero attached hydrogens (tertiary/aromatic N) is 2. The van der Waals surface area contributed by atoms with E-state index >= 15 is 0 Å². The topological polar surface area (TPSA) is 79.6 Å². The van der Waals surface area contributed by atoms with Gasteiger partial charge in [-0.2, -0.15) is 0 Å². The van der Waals surface area contributed by atoms with Crippen LogP contribution in [0.1, 0.15) is 0 Å². The van der Waals surface area contributed by atoms with E-state index in [9.17, 15) is 0 Å². The van der Waals surface area contributed by atoms with Crippen molar-refractivity contribution in [2.45, 2.75) is 0 Å². The predicted octanol–water partition coefficient (Wildman–Crippen LogP) is 2.05. The van der Waals surface area contributed by atoms with Crippen molar-refractivity contribution >= 4 is 39.4 Å². The van der Waals surface area contributed by atoms with Gasteiger partial charge in [0.05, 0.1) is 0 Å². The highest BCUT2D eigenvalue weighted by Crippen LogP contribution is 2.28. The molecule has 2 aromatic heterocycles. The largest absolute Gasteiger partial charge is 0.350 e. The Morgan fingerprint density at radius 1 is 1.31 bits per heavy atom. The van der Waals surface area contributed by atoms with E-state index in [1.54, 1.807) is 0 Å². The highest BCUT2D eigenvalue weighted by molar-refractivity contribution is 6.31. The molecule has 2 heterocycles. The normalized spacial score (nSPS) is 11.1. The average Bonchev–Trinajstić information content (AvgIpc) is 2.67. The number of hydrogen-bond acceptors (Lipinski definition) is 4. The number of hydrogen-bond donors (Lipinski definition) is 3. The Bertz CT molecular complexity index is 675. The average molecular weight is 234 g/mol. The molecule has 0 saturated carbocycles. The molecule has 3 rings (SSSR count). The molecule has 16 heavy (non-hydrogen) atoms. The van der Waals surface area contributed by atoms with Gasteiger partial charge in [-0.1, -0.05) is 11.6 Å². The van der Waals surface area contributed by atoms with Crippen LogP contribution in [0, 0.1) is 0 Å². The summed E-state index contributed by atoms with van der Waals surface area (Å²) in [6, 6.07) is 5.59. The fourth-order valence-corrected chi connectivity index (χ4v) is 1.95. The van der Waals surface area contributed by atoms with Crippen LogP contribution in [0.3, 0.4) is 0 Å². The minimum Gasteiger partial charge on any atom is -0.350 e. The molecular weight excluding hydrogens is 226 g/mol. The van der Waals surface area contributed by atoms with Crippen LogP contribution in [-0.2, 0) is 0 Å². The van der Waals surface area contributed by atoms with E-state index in [-0.39, 0.29) is 0 Å². The molecular formula is C10H8ClN5. The first-order chi connectivity index (χ1) is 7.79. The van der Waals surface area contributed by atoms with E-state index in [0.29, 0.717) is 10.8 Å². The van der Waals surface area contributed by atoms with Gasteiger partial charge in [0.15, 0.2) is 5.82 Å². The second-order valence-corrected chi connectivity index (χ2v) is 3.84. The van der Waals surface area contributed by atoms with E-state index in [1.165, 1.54) is 6.33 Å². The van der Waals surface area contributed by atoms with Crippen molar-refractivity contribution in [2.24, 2.45) is 5.84 Å². The van der Waals surface area contributed by atoms with Gasteiger partial charge in [0.1, 0.15) is 17.4 Å². The van der Waals surface area contributed by atoms with Crippen LogP contribution in [-0.4, -0.2) is 15.0 Å². The molecule has 0 atom stereocenters. The van der Waals surface area contributed by atoms with Crippen LogP contribution in [0.25, 0.3) is 21.9 Å². The third-order valence-corrected chi connectivity index (χ3v) is 2.72. The van der Waals surface area contributed by atoms with Crippen molar-refractivity contribution in [3.8, 4) is 0 Å². The molecule has 0 radical (unpaired) electrons. The summed E-state index contributed by atoms with van der Waals surface area (Å²) < 4.78 is 0. The number of hydrazine groups is 1. The molecule has 6 heteroatoms. The van der Waals surface area contributed by atoms with Crippen LogP contribution in [0.2, 0.25) is 5.02 Å². The van der Waals surface area contributed by atoms with Crippen molar-refractivity contribution in [3.63, 3.8) is 0 Å². The van der Waals surface area contributed by atoms with Gasteiger partial charge in [0, 0.05) is 15.9 Å². The van der Waals surface area contributed by atoms with E-state index in [2.05, 4.69) is 20.4 Å². The van der Waals surface area contributed by atoms with Crippen molar-refractivity contribution < 1.29 is 0 Å². The molecule has 3 aromatic rings. The summed E-state index contributed by atoms with van der Waals surface area (Å²) in [4.78, 5) is 11.5. The zero-order valence-electron chi connectivity index (χ0n) is 8.16. The number of anilines is 1. The number of nitrogens with two attached hydrogens (primary N) is 1. The quantitative estimate of drug-likeness (QED) is 0.444. The Balaban J connectivity index is 2.50. The number of H-pyrrole nitrogens is 1. The lowest BCUT2D eigenvalue weighted by molar-refractivity contribution is 1.18. The molecule has 0 aliphatic rings. The smallest absolute Gasteiger partial charge is 0.167 e. The maximum Gasteiger partial charge on any atom is 0.167 e. The molecule has 0 aliphatic carbocycles. The molecule has 1 aromatic carbocycles. The number of aromatic amines is 1. The molecule has 0 aliphatic heterocycles. The van der Waals surface area contributed by atoms with Gasteiger partial charge in [-0.3, -0.25) is 0 Å². The molecule has 0 unspecified atom stereocenters. The third-order valence-electron chi connectivity index (χ3n) is 2.48. The monoisotopic (exact) mass is 233 g/mol. The summed E-state index contributed by atoms with van der Waals surface area (Å²) in [6.45, 7) is 0. The Morgan fingerprint density at radius 2 is 2.19 bits per heavy atom.